The van der Waals surface area contributed by atoms with Gasteiger partial charge in [0.2, 0.25) is 11.7 Å². The van der Waals surface area contributed by atoms with Gasteiger partial charge in [-0.05, 0) is 12.1 Å². The van der Waals surface area contributed by atoms with Gasteiger partial charge in [0.15, 0.2) is 5.78 Å². The molecular formula is C15H13N3O3. The van der Waals surface area contributed by atoms with E-state index in [9.17, 15) is 4.79 Å². The van der Waals surface area contributed by atoms with Crippen molar-refractivity contribution in [1.82, 2.24) is 15.1 Å². The lowest BCUT2D eigenvalue weighted by Gasteiger charge is -1.98. The number of pyridine rings is 1. The number of ketones is 1. The number of fused-ring (bicyclic) bond motifs is 1. The summed E-state index contributed by atoms with van der Waals surface area (Å²) in [5.74, 6) is 0.530. The Labute approximate surface area is 120 Å². The fraction of sp³-hybridized carbons (Fsp3) is 0.200. The van der Waals surface area contributed by atoms with E-state index in [2.05, 4.69) is 15.1 Å². The lowest BCUT2D eigenvalue weighted by Crippen LogP contribution is -2.09. The van der Waals surface area contributed by atoms with Gasteiger partial charge in [0.1, 0.15) is 12.3 Å². The van der Waals surface area contributed by atoms with Crippen LogP contribution in [0.15, 0.2) is 40.9 Å². The Balaban J connectivity index is 1.85. The Morgan fingerprint density at radius 3 is 2.90 bits per heavy atom. The molecule has 106 valence electrons. The summed E-state index contributed by atoms with van der Waals surface area (Å²) in [7, 11) is 1.47. The zero-order valence-corrected chi connectivity index (χ0v) is 11.4. The van der Waals surface area contributed by atoms with Gasteiger partial charge in [-0.15, -0.1) is 0 Å². The van der Waals surface area contributed by atoms with Crippen LogP contribution in [0.3, 0.4) is 0 Å². The summed E-state index contributed by atoms with van der Waals surface area (Å²) in [6.07, 6.45) is 0.0639. The molecule has 0 amide bonds. The lowest BCUT2D eigenvalue weighted by molar-refractivity contribution is -0.122. The monoisotopic (exact) mass is 283 g/mol. The maximum Gasteiger partial charge on any atom is 0.234 e. The second-order valence-electron chi connectivity index (χ2n) is 4.55. The van der Waals surface area contributed by atoms with Crippen molar-refractivity contribution in [3.8, 4) is 11.5 Å². The van der Waals surface area contributed by atoms with Crippen molar-refractivity contribution in [3.63, 3.8) is 0 Å². The fourth-order valence-electron chi connectivity index (χ4n) is 2.00. The van der Waals surface area contributed by atoms with E-state index in [0.717, 1.165) is 10.9 Å². The van der Waals surface area contributed by atoms with Crippen LogP contribution in [0.5, 0.6) is 0 Å². The molecule has 0 spiro atoms. The predicted octanol–water partition coefficient (Wildman–Crippen LogP) is 2.04. The molecule has 0 saturated carbocycles. The number of nitrogens with zero attached hydrogens (tertiary/aromatic N) is 3. The highest BCUT2D eigenvalue weighted by atomic mass is 16.5. The summed E-state index contributed by atoms with van der Waals surface area (Å²) < 4.78 is 9.83. The summed E-state index contributed by atoms with van der Waals surface area (Å²) >= 11 is 0. The molecule has 3 rings (SSSR count). The van der Waals surface area contributed by atoms with Crippen LogP contribution in [0.2, 0.25) is 0 Å². The van der Waals surface area contributed by atoms with E-state index in [4.69, 9.17) is 9.26 Å². The number of carbonyl (C=O) groups excluding carboxylic acids is 1. The number of carbonyl (C=O) groups is 1. The Hall–Kier alpha value is -2.60. The SMILES string of the molecule is COCC(=O)Cc1nc(-c2ccc3ccccc3n2)no1. The van der Waals surface area contributed by atoms with Crippen molar-refractivity contribution in [1.29, 1.82) is 0 Å². The number of methoxy groups -OCH3 is 1. The molecule has 1 aromatic carbocycles. The van der Waals surface area contributed by atoms with Gasteiger partial charge in [-0.1, -0.05) is 29.4 Å². The Morgan fingerprint density at radius 2 is 2.05 bits per heavy atom. The molecule has 2 heterocycles. The normalized spacial score (nSPS) is 10.9. The van der Waals surface area contributed by atoms with Crippen LogP contribution in [0.1, 0.15) is 5.89 Å². The van der Waals surface area contributed by atoms with Gasteiger partial charge in [0.25, 0.3) is 0 Å². The third kappa shape index (κ3) is 2.95. The van der Waals surface area contributed by atoms with E-state index >= 15 is 0 Å². The van der Waals surface area contributed by atoms with E-state index in [1.807, 2.05) is 36.4 Å². The first-order chi connectivity index (χ1) is 10.3. The van der Waals surface area contributed by atoms with Crippen molar-refractivity contribution in [2.24, 2.45) is 0 Å². The summed E-state index contributed by atoms with van der Waals surface area (Å²) in [5.41, 5.74) is 1.47. The quantitative estimate of drug-likeness (QED) is 0.713. The number of para-hydroxylation sites is 1. The first-order valence-corrected chi connectivity index (χ1v) is 6.45. The second-order valence-corrected chi connectivity index (χ2v) is 4.55. The van der Waals surface area contributed by atoms with Crippen LogP contribution in [0, 0.1) is 0 Å². The second kappa shape index (κ2) is 5.80. The van der Waals surface area contributed by atoms with Gasteiger partial charge in [-0.25, -0.2) is 4.98 Å². The molecule has 0 unspecified atom stereocenters. The zero-order valence-electron chi connectivity index (χ0n) is 11.4. The Bertz CT molecular complexity index is 782. The van der Waals surface area contributed by atoms with Crippen LogP contribution in [0.25, 0.3) is 22.4 Å². The summed E-state index contributed by atoms with van der Waals surface area (Å²) in [5, 5.41) is 4.91. The summed E-state index contributed by atoms with van der Waals surface area (Å²) in [4.78, 5) is 20.1. The molecule has 0 saturated heterocycles. The molecule has 6 heteroatoms. The standard InChI is InChI=1S/C15H13N3O3/c1-20-9-11(19)8-14-17-15(18-21-14)13-7-6-10-4-2-3-5-12(10)16-13/h2-7H,8-9H2,1H3. The maximum absolute atomic E-state index is 11.5. The highest BCUT2D eigenvalue weighted by molar-refractivity contribution is 5.81. The van der Waals surface area contributed by atoms with Crippen LogP contribution in [0.4, 0.5) is 0 Å². The van der Waals surface area contributed by atoms with E-state index < -0.39 is 0 Å². The largest absolute Gasteiger partial charge is 0.377 e. The zero-order chi connectivity index (χ0) is 14.7. The number of ether oxygens (including phenoxy) is 1. The molecule has 0 fully saturated rings. The fourth-order valence-corrected chi connectivity index (χ4v) is 2.00. The highest BCUT2D eigenvalue weighted by Crippen LogP contribution is 2.18. The van der Waals surface area contributed by atoms with Gasteiger partial charge >= 0.3 is 0 Å². The van der Waals surface area contributed by atoms with Crippen LogP contribution in [-0.4, -0.2) is 34.6 Å². The molecule has 0 atom stereocenters. The topological polar surface area (TPSA) is 78.1 Å². The molecule has 0 N–H and O–H groups in total. The molecule has 2 aromatic heterocycles. The first kappa shape index (κ1) is 13.4. The Kier molecular flexibility index (Phi) is 3.70. The van der Waals surface area contributed by atoms with Gasteiger partial charge in [-0.3, -0.25) is 4.79 Å². The van der Waals surface area contributed by atoms with Crippen molar-refractivity contribution in [3.05, 3.63) is 42.3 Å². The van der Waals surface area contributed by atoms with Gasteiger partial charge in [0.05, 0.1) is 11.9 Å². The molecule has 0 aliphatic heterocycles. The van der Waals surface area contributed by atoms with Crippen molar-refractivity contribution < 1.29 is 14.1 Å². The van der Waals surface area contributed by atoms with Gasteiger partial charge in [0, 0.05) is 12.5 Å². The average Bonchev–Trinajstić information content (AvgIpc) is 2.95. The number of rotatable bonds is 5. The van der Waals surface area contributed by atoms with E-state index in [1.54, 1.807) is 0 Å². The number of Topliss-reactive ketones (excluding diaryl/α,β-unsaturated/α-hetero) is 1. The summed E-state index contributed by atoms with van der Waals surface area (Å²) in [6, 6.07) is 11.6. The number of hydrogen-bond acceptors (Lipinski definition) is 6. The van der Waals surface area contributed by atoms with Crippen LogP contribution >= 0.6 is 0 Å². The Morgan fingerprint density at radius 1 is 1.19 bits per heavy atom. The molecule has 21 heavy (non-hydrogen) atoms. The number of benzene rings is 1. The minimum atomic E-state index is -0.112. The lowest BCUT2D eigenvalue weighted by atomic mass is 10.2. The van der Waals surface area contributed by atoms with E-state index in [-0.39, 0.29) is 24.7 Å². The highest BCUT2D eigenvalue weighted by Gasteiger charge is 2.13. The third-order valence-electron chi connectivity index (χ3n) is 2.95. The molecule has 6 nitrogen and oxygen atoms in total. The van der Waals surface area contributed by atoms with Crippen molar-refractivity contribution in [2.75, 3.05) is 13.7 Å². The van der Waals surface area contributed by atoms with Crippen molar-refractivity contribution >= 4 is 16.7 Å². The molecule has 0 aliphatic carbocycles. The van der Waals surface area contributed by atoms with E-state index in [0.29, 0.717) is 11.5 Å². The minimum absolute atomic E-state index is 0.0337. The predicted molar refractivity (Wildman–Crippen MR) is 75.6 cm³/mol. The van der Waals surface area contributed by atoms with Gasteiger partial charge < -0.3 is 9.26 Å². The maximum atomic E-state index is 11.5. The third-order valence-corrected chi connectivity index (χ3v) is 2.95. The average molecular weight is 283 g/mol. The van der Waals surface area contributed by atoms with Gasteiger partial charge in [-0.2, -0.15) is 4.98 Å². The van der Waals surface area contributed by atoms with Crippen LogP contribution in [-0.2, 0) is 16.0 Å². The molecule has 0 bridgehead atoms. The molecular weight excluding hydrogens is 270 g/mol. The van der Waals surface area contributed by atoms with E-state index in [1.165, 1.54) is 7.11 Å². The molecule has 0 radical (unpaired) electrons. The smallest absolute Gasteiger partial charge is 0.234 e. The van der Waals surface area contributed by atoms with Crippen molar-refractivity contribution in [2.45, 2.75) is 6.42 Å². The van der Waals surface area contributed by atoms with Crippen LogP contribution < -0.4 is 0 Å². The first-order valence-electron chi connectivity index (χ1n) is 6.45. The number of aromatic nitrogens is 3. The minimum Gasteiger partial charge on any atom is -0.377 e. The number of hydrogen-bond donors (Lipinski definition) is 0. The summed E-state index contributed by atoms with van der Waals surface area (Å²) in [6.45, 7) is 0.0337. The molecule has 0 aliphatic rings. The molecule has 3 aromatic rings.